The molecule has 0 spiro atoms. The number of benzene rings is 1. The Bertz CT molecular complexity index is 431. The summed E-state index contributed by atoms with van der Waals surface area (Å²) in [5.41, 5.74) is -0.442. The predicted molar refractivity (Wildman–Crippen MR) is 44.8 cm³/mol. The number of carboxylic acids is 1. The van der Waals surface area contributed by atoms with Crippen LogP contribution in [0.25, 0.3) is 0 Å². The molecular weight excluding hydrogens is 209 g/mol. The average molecular weight is 216 g/mol. The topological polar surface area (TPSA) is 37.3 Å². The van der Waals surface area contributed by atoms with Gasteiger partial charge in [0, 0.05) is 11.5 Å². The van der Waals surface area contributed by atoms with Gasteiger partial charge in [0.2, 0.25) is 0 Å². The van der Waals surface area contributed by atoms with Crippen molar-refractivity contribution in [1.82, 2.24) is 0 Å². The third kappa shape index (κ3) is 1.58. The van der Waals surface area contributed by atoms with Gasteiger partial charge in [-0.15, -0.1) is 0 Å². The molecule has 0 radical (unpaired) electrons. The average Bonchev–Trinajstić information content (AvgIpc) is 2.92. The summed E-state index contributed by atoms with van der Waals surface area (Å²) < 4.78 is 39.1. The Morgan fingerprint density at radius 1 is 1.27 bits per heavy atom. The Labute approximate surface area is 83.3 Å². The minimum atomic E-state index is -1.27. The van der Waals surface area contributed by atoms with Gasteiger partial charge in [0.25, 0.3) is 0 Å². The number of hydrogen-bond donors (Lipinski definition) is 1. The maximum atomic E-state index is 13.2. The number of halogens is 3. The summed E-state index contributed by atoms with van der Waals surface area (Å²) in [7, 11) is 0. The number of carboxylic acid groups (broad SMARTS) is 1. The largest absolute Gasteiger partial charge is 0.481 e. The highest BCUT2D eigenvalue weighted by atomic mass is 19.2. The zero-order chi connectivity index (χ0) is 11.2. The lowest BCUT2D eigenvalue weighted by Gasteiger charge is -2.03. The molecule has 5 heteroatoms. The van der Waals surface area contributed by atoms with Crippen LogP contribution in [0, 0.1) is 23.4 Å². The third-order valence-electron chi connectivity index (χ3n) is 2.56. The van der Waals surface area contributed by atoms with Crippen LogP contribution < -0.4 is 0 Å². The highest BCUT2D eigenvalue weighted by molar-refractivity contribution is 5.75. The lowest BCUT2D eigenvalue weighted by molar-refractivity contribution is -0.138. The maximum Gasteiger partial charge on any atom is 0.307 e. The molecule has 1 aromatic rings. The zero-order valence-corrected chi connectivity index (χ0v) is 7.51. The maximum absolute atomic E-state index is 13.2. The first kappa shape index (κ1) is 10.0. The van der Waals surface area contributed by atoms with Crippen LogP contribution in [0.2, 0.25) is 0 Å². The van der Waals surface area contributed by atoms with Gasteiger partial charge in [0.15, 0.2) is 11.6 Å². The van der Waals surface area contributed by atoms with Gasteiger partial charge in [-0.2, -0.15) is 0 Å². The molecule has 1 saturated carbocycles. The van der Waals surface area contributed by atoms with E-state index < -0.39 is 40.8 Å². The predicted octanol–water partition coefficient (Wildman–Crippen LogP) is 2.29. The molecule has 1 N–H and O–H groups in total. The minimum absolute atomic E-state index is 0.159. The van der Waals surface area contributed by atoms with Gasteiger partial charge in [-0.25, -0.2) is 13.2 Å². The van der Waals surface area contributed by atoms with E-state index in [9.17, 15) is 18.0 Å². The van der Waals surface area contributed by atoms with E-state index in [2.05, 4.69) is 0 Å². The Hall–Kier alpha value is -1.52. The Morgan fingerprint density at radius 3 is 2.40 bits per heavy atom. The van der Waals surface area contributed by atoms with Gasteiger partial charge in [-0.05, 0) is 18.6 Å². The standard InChI is InChI=1S/C10H7F3O2/c11-6-1-2-7(12)9(13)8(6)4-3-5(4)10(14)15/h1-2,4-5H,3H2,(H,14,15)/t4-,5-/m1/s1. The molecule has 0 aromatic heterocycles. The minimum Gasteiger partial charge on any atom is -0.481 e. The third-order valence-corrected chi connectivity index (χ3v) is 2.56. The summed E-state index contributed by atoms with van der Waals surface area (Å²) >= 11 is 0. The first-order valence-corrected chi connectivity index (χ1v) is 4.38. The lowest BCUT2D eigenvalue weighted by atomic mass is 10.1. The van der Waals surface area contributed by atoms with Crippen molar-refractivity contribution in [3.8, 4) is 0 Å². The van der Waals surface area contributed by atoms with Crippen molar-refractivity contribution in [3.63, 3.8) is 0 Å². The molecule has 1 aliphatic carbocycles. The van der Waals surface area contributed by atoms with Crippen molar-refractivity contribution in [2.24, 2.45) is 5.92 Å². The second-order valence-corrected chi connectivity index (χ2v) is 3.54. The molecule has 2 atom stereocenters. The molecule has 0 amide bonds. The molecule has 1 fully saturated rings. The van der Waals surface area contributed by atoms with Crippen molar-refractivity contribution in [1.29, 1.82) is 0 Å². The van der Waals surface area contributed by atoms with Crippen LogP contribution in [0.3, 0.4) is 0 Å². The molecule has 0 unspecified atom stereocenters. The molecule has 0 saturated heterocycles. The second kappa shape index (κ2) is 3.25. The van der Waals surface area contributed by atoms with Crippen LogP contribution >= 0.6 is 0 Å². The smallest absolute Gasteiger partial charge is 0.307 e. The van der Waals surface area contributed by atoms with E-state index in [1.807, 2.05) is 0 Å². The van der Waals surface area contributed by atoms with E-state index in [-0.39, 0.29) is 6.42 Å². The SMILES string of the molecule is O=C(O)[C@@H]1C[C@H]1c1c(F)ccc(F)c1F. The molecular formula is C10H7F3O2. The summed E-state index contributed by atoms with van der Waals surface area (Å²) in [6.45, 7) is 0. The molecule has 0 heterocycles. The Balaban J connectivity index is 2.38. The normalized spacial score (nSPS) is 23.9. The second-order valence-electron chi connectivity index (χ2n) is 3.54. The highest BCUT2D eigenvalue weighted by Gasteiger charge is 2.47. The van der Waals surface area contributed by atoms with E-state index in [1.54, 1.807) is 0 Å². The van der Waals surface area contributed by atoms with Crippen molar-refractivity contribution in [3.05, 3.63) is 35.1 Å². The molecule has 80 valence electrons. The van der Waals surface area contributed by atoms with E-state index in [4.69, 9.17) is 5.11 Å². The zero-order valence-electron chi connectivity index (χ0n) is 7.51. The first-order valence-electron chi connectivity index (χ1n) is 4.38. The quantitative estimate of drug-likeness (QED) is 0.770. The van der Waals surface area contributed by atoms with Crippen molar-refractivity contribution in [2.75, 3.05) is 0 Å². The molecule has 2 rings (SSSR count). The van der Waals surface area contributed by atoms with Crippen molar-refractivity contribution in [2.45, 2.75) is 12.3 Å². The van der Waals surface area contributed by atoms with E-state index in [0.717, 1.165) is 6.07 Å². The van der Waals surface area contributed by atoms with Gasteiger partial charge in [0.05, 0.1) is 5.92 Å². The van der Waals surface area contributed by atoms with Crippen LogP contribution in [-0.2, 0) is 4.79 Å². The fourth-order valence-electron chi connectivity index (χ4n) is 1.67. The van der Waals surface area contributed by atoms with Crippen LogP contribution in [0.1, 0.15) is 17.9 Å². The van der Waals surface area contributed by atoms with Crippen LogP contribution in [0.4, 0.5) is 13.2 Å². The van der Waals surface area contributed by atoms with Gasteiger partial charge in [-0.3, -0.25) is 4.79 Å². The van der Waals surface area contributed by atoms with Crippen LogP contribution in [0.15, 0.2) is 12.1 Å². The highest BCUT2D eigenvalue weighted by Crippen LogP contribution is 2.49. The number of rotatable bonds is 2. The van der Waals surface area contributed by atoms with Crippen LogP contribution in [0.5, 0.6) is 0 Å². The number of hydrogen-bond acceptors (Lipinski definition) is 1. The molecule has 0 bridgehead atoms. The summed E-state index contributed by atoms with van der Waals surface area (Å²) in [6.07, 6.45) is 0.159. The van der Waals surface area contributed by atoms with Crippen molar-refractivity contribution < 1.29 is 23.1 Å². The van der Waals surface area contributed by atoms with Crippen molar-refractivity contribution >= 4 is 5.97 Å². The van der Waals surface area contributed by atoms with Gasteiger partial charge in [0.1, 0.15) is 5.82 Å². The summed E-state index contributed by atoms with van der Waals surface area (Å²) in [5.74, 6) is -5.95. The number of aliphatic carboxylic acids is 1. The van der Waals surface area contributed by atoms with E-state index in [1.165, 1.54) is 0 Å². The van der Waals surface area contributed by atoms with E-state index in [0.29, 0.717) is 6.07 Å². The monoisotopic (exact) mass is 216 g/mol. The van der Waals surface area contributed by atoms with Gasteiger partial charge >= 0.3 is 5.97 Å². The van der Waals surface area contributed by atoms with Gasteiger partial charge in [-0.1, -0.05) is 0 Å². The molecule has 2 nitrogen and oxygen atoms in total. The van der Waals surface area contributed by atoms with E-state index >= 15 is 0 Å². The molecule has 15 heavy (non-hydrogen) atoms. The lowest BCUT2D eigenvalue weighted by Crippen LogP contribution is -2.03. The fraction of sp³-hybridized carbons (Fsp3) is 0.300. The molecule has 1 aromatic carbocycles. The Morgan fingerprint density at radius 2 is 1.87 bits per heavy atom. The molecule has 0 aliphatic heterocycles. The summed E-state index contributed by atoms with van der Waals surface area (Å²) in [5, 5.41) is 8.60. The number of carbonyl (C=O) groups is 1. The molecule has 1 aliphatic rings. The van der Waals surface area contributed by atoms with Crippen LogP contribution in [-0.4, -0.2) is 11.1 Å². The first-order chi connectivity index (χ1) is 7.02. The van der Waals surface area contributed by atoms with Gasteiger partial charge < -0.3 is 5.11 Å². The summed E-state index contributed by atoms with van der Waals surface area (Å²) in [6, 6.07) is 1.50. The Kier molecular flexibility index (Phi) is 2.17. The summed E-state index contributed by atoms with van der Waals surface area (Å²) in [4.78, 5) is 10.5. The fourth-order valence-corrected chi connectivity index (χ4v) is 1.67.